The topological polar surface area (TPSA) is 38.4 Å². The third-order valence-corrected chi connectivity index (χ3v) is 2.77. The van der Waals surface area contributed by atoms with E-state index < -0.39 is 0 Å². The molecule has 0 saturated heterocycles. The molecule has 0 heterocycles. The lowest BCUT2D eigenvalue weighted by Crippen LogP contribution is -2.12. The van der Waals surface area contributed by atoms with Gasteiger partial charge in [-0.15, -0.1) is 0 Å². The molecule has 0 unspecified atom stereocenters. The Balaban J connectivity index is 2.25. The predicted molar refractivity (Wildman–Crippen MR) is 77.3 cm³/mol. The van der Waals surface area contributed by atoms with Gasteiger partial charge < -0.3 is 5.73 Å². The van der Waals surface area contributed by atoms with Crippen molar-refractivity contribution in [1.29, 1.82) is 0 Å². The summed E-state index contributed by atoms with van der Waals surface area (Å²) in [6, 6.07) is 18.1. The van der Waals surface area contributed by atoms with Crippen LogP contribution >= 0.6 is 0 Å². The fraction of sp³-hybridized carbons (Fsp3) is 0.188. The minimum atomic E-state index is 0.569. The fourth-order valence-electron chi connectivity index (χ4n) is 1.88. The zero-order valence-electron chi connectivity index (χ0n) is 10.6. The number of nitrogens with zero attached hydrogens (tertiary/aromatic N) is 1. The number of hydrogen-bond acceptors (Lipinski definition) is 1. The minimum Gasteiger partial charge on any atom is -0.383 e. The quantitative estimate of drug-likeness (QED) is 0.640. The van der Waals surface area contributed by atoms with Crippen LogP contribution in [-0.4, -0.2) is 5.84 Å². The number of amidine groups is 1. The Bertz CT molecular complexity index is 530. The third-order valence-electron chi connectivity index (χ3n) is 2.77. The van der Waals surface area contributed by atoms with Crippen molar-refractivity contribution in [3.8, 4) is 0 Å². The zero-order chi connectivity index (χ0) is 12.8. The normalized spacial score (nSPS) is 11.5. The van der Waals surface area contributed by atoms with Gasteiger partial charge in [0.05, 0.1) is 5.69 Å². The number of para-hydroxylation sites is 1. The number of rotatable bonds is 4. The molecule has 0 aromatic heterocycles. The smallest absolute Gasteiger partial charge is 0.131 e. The van der Waals surface area contributed by atoms with Crippen LogP contribution in [0.4, 0.5) is 5.69 Å². The van der Waals surface area contributed by atoms with E-state index in [1.165, 1.54) is 5.56 Å². The van der Waals surface area contributed by atoms with Gasteiger partial charge in [-0.2, -0.15) is 0 Å². The van der Waals surface area contributed by atoms with Crippen LogP contribution in [0.5, 0.6) is 0 Å². The van der Waals surface area contributed by atoms with E-state index in [1.807, 2.05) is 42.5 Å². The average molecular weight is 238 g/mol. The molecule has 18 heavy (non-hydrogen) atoms. The number of nitrogens with two attached hydrogens (primary N) is 1. The van der Waals surface area contributed by atoms with Gasteiger partial charge in [-0.25, -0.2) is 4.99 Å². The lowest BCUT2D eigenvalue weighted by atomic mass is 10.1. The molecule has 2 rings (SSSR count). The highest BCUT2D eigenvalue weighted by atomic mass is 14.9. The third kappa shape index (κ3) is 3.20. The summed E-state index contributed by atoms with van der Waals surface area (Å²) in [5.41, 5.74) is 9.22. The monoisotopic (exact) mass is 238 g/mol. The van der Waals surface area contributed by atoms with Crippen LogP contribution in [0.3, 0.4) is 0 Å². The van der Waals surface area contributed by atoms with E-state index in [-0.39, 0.29) is 0 Å². The van der Waals surface area contributed by atoms with Crippen LogP contribution in [0.25, 0.3) is 0 Å². The maximum absolute atomic E-state index is 6.04. The van der Waals surface area contributed by atoms with Gasteiger partial charge >= 0.3 is 0 Å². The molecule has 2 nitrogen and oxygen atoms in total. The molecule has 0 radical (unpaired) electrons. The van der Waals surface area contributed by atoms with Gasteiger partial charge in [-0.3, -0.25) is 0 Å². The average Bonchev–Trinajstić information content (AvgIpc) is 2.40. The summed E-state index contributed by atoms with van der Waals surface area (Å²) in [6.45, 7) is 2.17. The minimum absolute atomic E-state index is 0.569. The van der Waals surface area contributed by atoms with Crippen molar-refractivity contribution in [1.82, 2.24) is 0 Å². The van der Waals surface area contributed by atoms with E-state index in [2.05, 4.69) is 24.0 Å². The van der Waals surface area contributed by atoms with Crippen molar-refractivity contribution >= 4 is 11.5 Å². The highest BCUT2D eigenvalue weighted by Gasteiger charge is 2.00. The molecule has 92 valence electrons. The van der Waals surface area contributed by atoms with Crippen LogP contribution in [0, 0.1) is 0 Å². The summed E-state index contributed by atoms with van der Waals surface area (Å²) < 4.78 is 0. The van der Waals surface area contributed by atoms with Crippen LogP contribution in [0.15, 0.2) is 59.6 Å². The van der Waals surface area contributed by atoms with Gasteiger partial charge in [0.2, 0.25) is 0 Å². The van der Waals surface area contributed by atoms with E-state index in [4.69, 9.17) is 5.73 Å². The van der Waals surface area contributed by atoms with Crippen molar-refractivity contribution in [2.45, 2.75) is 19.8 Å². The number of benzene rings is 2. The van der Waals surface area contributed by atoms with Crippen LogP contribution < -0.4 is 5.73 Å². The van der Waals surface area contributed by atoms with Crippen LogP contribution in [0.2, 0.25) is 0 Å². The Labute approximate surface area is 108 Å². The molecule has 2 aromatic rings. The molecule has 0 amide bonds. The molecule has 2 N–H and O–H groups in total. The Morgan fingerprint density at radius 1 is 1.06 bits per heavy atom. The lowest BCUT2D eigenvalue weighted by Gasteiger charge is -2.04. The largest absolute Gasteiger partial charge is 0.383 e. The maximum atomic E-state index is 6.04. The van der Waals surface area contributed by atoms with Gasteiger partial charge in [0.1, 0.15) is 5.84 Å². The Kier molecular flexibility index (Phi) is 4.13. The van der Waals surface area contributed by atoms with Gasteiger partial charge in [0, 0.05) is 5.56 Å². The van der Waals surface area contributed by atoms with Crippen molar-refractivity contribution < 1.29 is 0 Å². The Morgan fingerprint density at radius 3 is 2.56 bits per heavy atom. The second kappa shape index (κ2) is 6.01. The molecule has 0 aliphatic rings. The fourth-order valence-corrected chi connectivity index (χ4v) is 1.88. The van der Waals surface area contributed by atoms with Gasteiger partial charge in [-0.1, -0.05) is 49.7 Å². The van der Waals surface area contributed by atoms with Gasteiger partial charge in [-0.05, 0) is 30.2 Å². The Morgan fingerprint density at radius 2 is 1.83 bits per heavy atom. The van der Waals surface area contributed by atoms with Crippen molar-refractivity contribution in [2.24, 2.45) is 10.7 Å². The maximum Gasteiger partial charge on any atom is 0.131 e. The standard InChI is InChI=1S/C16H18N2/c1-2-7-13-8-6-9-14(12-13)16(17)18-15-10-4-3-5-11-15/h3-6,8-12H,2,7H2,1H3,(H2,17,18). The number of aliphatic imine (C=N–C) groups is 1. The van der Waals surface area contributed by atoms with Crippen molar-refractivity contribution in [2.75, 3.05) is 0 Å². The summed E-state index contributed by atoms with van der Waals surface area (Å²) in [5.74, 6) is 0.569. The molecule has 2 aromatic carbocycles. The Hall–Kier alpha value is -2.09. The summed E-state index contributed by atoms with van der Waals surface area (Å²) in [5, 5.41) is 0. The molecular weight excluding hydrogens is 220 g/mol. The van der Waals surface area contributed by atoms with Gasteiger partial charge in [0.15, 0.2) is 0 Å². The first-order valence-corrected chi connectivity index (χ1v) is 6.28. The first-order valence-electron chi connectivity index (χ1n) is 6.28. The SMILES string of the molecule is CCCc1cccc(C(N)=Nc2ccccc2)c1. The zero-order valence-corrected chi connectivity index (χ0v) is 10.6. The molecule has 0 spiro atoms. The predicted octanol–water partition coefficient (Wildman–Crippen LogP) is 3.68. The van der Waals surface area contributed by atoms with E-state index in [9.17, 15) is 0 Å². The second-order valence-electron chi connectivity index (χ2n) is 4.28. The first kappa shape index (κ1) is 12.4. The number of hydrogen-bond donors (Lipinski definition) is 1. The molecule has 0 saturated carbocycles. The molecule has 0 fully saturated rings. The van der Waals surface area contributed by atoms with E-state index in [0.29, 0.717) is 5.84 Å². The molecule has 0 aliphatic heterocycles. The second-order valence-corrected chi connectivity index (χ2v) is 4.28. The van der Waals surface area contributed by atoms with E-state index in [0.717, 1.165) is 24.1 Å². The lowest BCUT2D eigenvalue weighted by molar-refractivity contribution is 0.921. The highest BCUT2D eigenvalue weighted by Crippen LogP contribution is 2.13. The van der Waals surface area contributed by atoms with E-state index >= 15 is 0 Å². The van der Waals surface area contributed by atoms with E-state index in [1.54, 1.807) is 0 Å². The van der Waals surface area contributed by atoms with Crippen LogP contribution in [0.1, 0.15) is 24.5 Å². The highest BCUT2D eigenvalue weighted by molar-refractivity contribution is 5.99. The van der Waals surface area contributed by atoms with Gasteiger partial charge in [0.25, 0.3) is 0 Å². The molecule has 0 bridgehead atoms. The molecule has 0 atom stereocenters. The number of aryl methyl sites for hydroxylation is 1. The summed E-state index contributed by atoms with van der Waals surface area (Å²) in [7, 11) is 0. The van der Waals surface area contributed by atoms with Crippen molar-refractivity contribution in [3.63, 3.8) is 0 Å². The summed E-state index contributed by atoms with van der Waals surface area (Å²) in [4.78, 5) is 4.42. The first-order chi connectivity index (χ1) is 8.79. The molecule has 0 aliphatic carbocycles. The van der Waals surface area contributed by atoms with Crippen LogP contribution in [-0.2, 0) is 6.42 Å². The summed E-state index contributed by atoms with van der Waals surface area (Å²) in [6.07, 6.45) is 2.21. The molecular formula is C16H18N2. The van der Waals surface area contributed by atoms with Crippen molar-refractivity contribution in [3.05, 3.63) is 65.7 Å². The molecule has 2 heteroatoms. The summed E-state index contributed by atoms with van der Waals surface area (Å²) >= 11 is 0.